The summed E-state index contributed by atoms with van der Waals surface area (Å²) in [6.45, 7) is 12.0. The molecule has 0 spiro atoms. The fourth-order valence-corrected chi connectivity index (χ4v) is 5.59. The van der Waals surface area contributed by atoms with Crippen LogP contribution >= 0.6 is 0 Å². The maximum absolute atomic E-state index is 5.90. The van der Waals surface area contributed by atoms with Crippen molar-refractivity contribution in [3.63, 3.8) is 0 Å². The van der Waals surface area contributed by atoms with Crippen LogP contribution in [0.3, 0.4) is 0 Å². The van der Waals surface area contributed by atoms with Crippen molar-refractivity contribution in [2.24, 2.45) is 0 Å². The van der Waals surface area contributed by atoms with Crippen molar-refractivity contribution in [1.82, 2.24) is 0 Å². The van der Waals surface area contributed by atoms with Gasteiger partial charge in [0, 0.05) is 45.1 Å². The second kappa shape index (κ2) is 8.37. The summed E-state index contributed by atoms with van der Waals surface area (Å²) in [7, 11) is -0.0371. The molecule has 0 radical (unpaired) electrons. The summed E-state index contributed by atoms with van der Waals surface area (Å²) in [5, 5.41) is 0. The van der Waals surface area contributed by atoms with Crippen molar-refractivity contribution < 1.29 is 17.8 Å². The van der Waals surface area contributed by atoms with Gasteiger partial charge >= 0.3 is 8.80 Å². The van der Waals surface area contributed by atoms with Gasteiger partial charge in [-0.2, -0.15) is 0 Å². The number of hydrogen-bond acceptors (Lipinski definition) is 3. The largest absolute Gasteiger partial charge is 0.501 e. The standard InChI is InChI=1S/C14H32NO3Si/c1-5-16-19(17-6-2,18-7-3)14-10-13-15(4)11-8-9-12-15/h5-14H2,1-4H3/q+1. The van der Waals surface area contributed by atoms with Crippen LogP contribution in [0.5, 0.6) is 0 Å². The Morgan fingerprint density at radius 2 is 1.37 bits per heavy atom. The third-order valence-corrected chi connectivity index (χ3v) is 7.07. The zero-order chi connectivity index (χ0) is 14.2. The van der Waals surface area contributed by atoms with E-state index in [9.17, 15) is 0 Å². The molecule has 0 aromatic heterocycles. The predicted octanol–water partition coefficient (Wildman–Crippen LogP) is 2.67. The van der Waals surface area contributed by atoms with Crippen LogP contribution in [-0.2, 0) is 13.3 Å². The summed E-state index contributed by atoms with van der Waals surface area (Å²) in [6, 6.07) is 0.955. The van der Waals surface area contributed by atoms with E-state index >= 15 is 0 Å². The molecule has 1 aliphatic rings. The molecule has 1 aliphatic heterocycles. The van der Waals surface area contributed by atoms with Gasteiger partial charge in [-0.15, -0.1) is 0 Å². The molecule has 0 aliphatic carbocycles. The zero-order valence-electron chi connectivity index (χ0n) is 13.2. The average Bonchev–Trinajstić information content (AvgIpc) is 2.77. The maximum atomic E-state index is 5.90. The number of hydrogen-bond donors (Lipinski definition) is 0. The second-order valence-corrected chi connectivity index (χ2v) is 8.32. The highest BCUT2D eigenvalue weighted by molar-refractivity contribution is 6.60. The lowest BCUT2D eigenvalue weighted by Crippen LogP contribution is -2.48. The molecule has 4 nitrogen and oxygen atoms in total. The SMILES string of the molecule is CCO[Si](CCC[N+]1(C)CCCC1)(OCC)OCC. The van der Waals surface area contributed by atoms with Gasteiger partial charge in [-0.1, -0.05) is 0 Å². The van der Waals surface area contributed by atoms with Gasteiger partial charge in [0.05, 0.1) is 26.7 Å². The molecule has 0 amide bonds. The Balaban J connectivity index is 2.46. The van der Waals surface area contributed by atoms with E-state index in [4.69, 9.17) is 13.3 Å². The van der Waals surface area contributed by atoms with Gasteiger partial charge in [0.1, 0.15) is 0 Å². The lowest BCUT2D eigenvalue weighted by atomic mass is 10.4. The van der Waals surface area contributed by atoms with Crippen LogP contribution in [0.4, 0.5) is 0 Å². The van der Waals surface area contributed by atoms with E-state index in [1.807, 2.05) is 20.8 Å². The highest BCUT2D eigenvalue weighted by atomic mass is 28.4. The summed E-state index contributed by atoms with van der Waals surface area (Å²) < 4.78 is 18.9. The van der Waals surface area contributed by atoms with E-state index in [1.54, 1.807) is 0 Å². The highest BCUT2D eigenvalue weighted by Gasteiger charge is 2.40. The van der Waals surface area contributed by atoms with Crippen LogP contribution in [-0.4, -0.2) is 59.8 Å². The Kier molecular flexibility index (Phi) is 7.53. The normalized spacial score (nSPS) is 18.9. The molecule has 1 saturated heterocycles. The minimum absolute atomic E-state index is 0.679. The fourth-order valence-electron chi connectivity index (χ4n) is 3.00. The van der Waals surface area contributed by atoms with E-state index in [0.29, 0.717) is 19.8 Å². The molecule has 0 atom stereocenters. The van der Waals surface area contributed by atoms with Crippen molar-refractivity contribution in [3.05, 3.63) is 0 Å². The molecular weight excluding hydrogens is 258 g/mol. The smallest absolute Gasteiger partial charge is 0.374 e. The first-order valence-corrected chi connectivity index (χ1v) is 9.78. The van der Waals surface area contributed by atoms with Gasteiger partial charge in [-0.05, 0) is 20.8 Å². The zero-order valence-corrected chi connectivity index (χ0v) is 14.2. The molecule has 19 heavy (non-hydrogen) atoms. The Hall–Kier alpha value is 0.0569. The quantitative estimate of drug-likeness (QED) is 0.457. The van der Waals surface area contributed by atoms with Crippen molar-refractivity contribution in [3.8, 4) is 0 Å². The van der Waals surface area contributed by atoms with Gasteiger partial charge in [-0.25, -0.2) is 0 Å². The van der Waals surface area contributed by atoms with Crippen molar-refractivity contribution in [2.75, 3.05) is 46.5 Å². The van der Waals surface area contributed by atoms with Crippen molar-refractivity contribution in [2.45, 2.75) is 46.1 Å². The number of nitrogens with zero attached hydrogens (tertiary/aromatic N) is 1. The minimum atomic E-state index is -2.41. The molecule has 0 N–H and O–H groups in total. The summed E-state index contributed by atoms with van der Waals surface area (Å²) in [5.74, 6) is 0. The van der Waals surface area contributed by atoms with Crippen molar-refractivity contribution in [1.29, 1.82) is 0 Å². The highest BCUT2D eigenvalue weighted by Crippen LogP contribution is 2.22. The Morgan fingerprint density at radius 3 is 1.79 bits per heavy atom. The third kappa shape index (κ3) is 5.51. The first kappa shape index (κ1) is 17.1. The lowest BCUT2D eigenvalue weighted by molar-refractivity contribution is -0.897. The molecule has 0 saturated carbocycles. The first-order valence-electron chi connectivity index (χ1n) is 7.85. The number of likely N-dealkylation sites (tertiary alicyclic amines) is 1. The maximum Gasteiger partial charge on any atom is 0.501 e. The molecule has 0 aromatic rings. The van der Waals surface area contributed by atoms with Gasteiger partial charge in [-0.3, -0.25) is 0 Å². The van der Waals surface area contributed by atoms with Crippen LogP contribution in [0.2, 0.25) is 6.04 Å². The molecule has 1 rings (SSSR count). The van der Waals surface area contributed by atoms with Crippen molar-refractivity contribution >= 4 is 8.80 Å². The van der Waals surface area contributed by atoms with Crippen LogP contribution in [0.25, 0.3) is 0 Å². The molecule has 1 heterocycles. The summed E-state index contributed by atoms with van der Waals surface area (Å²) in [4.78, 5) is 0. The summed E-state index contributed by atoms with van der Waals surface area (Å²) in [5.41, 5.74) is 0. The third-order valence-electron chi connectivity index (χ3n) is 3.92. The summed E-state index contributed by atoms with van der Waals surface area (Å²) >= 11 is 0. The predicted molar refractivity (Wildman–Crippen MR) is 80.1 cm³/mol. The first-order chi connectivity index (χ1) is 9.10. The van der Waals surface area contributed by atoms with Gasteiger partial charge in [0.2, 0.25) is 0 Å². The molecule has 5 heteroatoms. The van der Waals surface area contributed by atoms with Gasteiger partial charge in [0.25, 0.3) is 0 Å². The van der Waals surface area contributed by atoms with E-state index in [1.165, 1.54) is 37.0 Å². The van der Waals surface area contributed by atoms with E-state index in [0.717, 1.165) is 12.5 Å². The lowest BCUT2D eigenvalue weighted by Gasteiger charge is -2.32. The molecule has 114 valence electrons. The summed E-state index contributed by atoms with van der Waals surface area (Å²) in [6.07, 6.45) is 3.89. The van der Waals surface area contributed by atoms with Crippen LogP contribution in [0, 0.1) is 0 Å². The Bertz CT molecular complexity index is 228. The molecule has 0 unspecified atom stereocenters. The van der Waals surface area contributed by atoms with Gasteiger partial charge in [0.15, 0.2) is 0 Å². The van der Waals surface area contributed by atoms with Crippen LogP contribution < -0.4 is 0 Å². The molecule has 0 bridgehead atoms. The molecular formula is C14H32NO3Si+. The monoisotopic (exact) mass is 290 g/mol. The van der Waals surface area contributed by atoms with Gasteiger partial charge < -0.3 is 17.8 Å². The van der Waals surface area contributed by atoms with E-state index in [-0.39, 0.29) is 0 Å². The average molecular weight is 290 g/mol. The fraction of sp³-hybridized carbons (Fsp3) is 1.00. The topological polar surface area (TPSA) is 27.7 Å². The molecule has 0 aromatic carbocycles. The second-order valence-electron chi connectivity index (χ2n) is 5.58. The van der Waals surface area contributed by atoms with E-state index in [2.05, 4.69) is 7.05 Å². The Morgan fingerprint density at radius 1 is 0.895 bits per heavy atom. The van der Waals surface area contributed by atoms with Crippen LogP contribution in [0.15, 0.2) is 0 Å². The Labute approximate surface area is 120 Å². The minimum Gasteiger partial charge on any atom is -0.374 e. The van der Waals surface area contributed by atoms with E-state index < -0.39 is 8.80 Å². The number of rotatable bonds is 10. The van der Waals surface area contributed by atoms with Crippen LogP contribution in [0.1, 0.15) is 40.0 Å². The number of quaternary nitrogens is 1. The molecule has 1 fully saturated rings.